The Morgan fingerprint density at radius 2 is 1.93 bits per heavy atom. The molecule has 0 spiro atoms. The molecule has 1 unspecified atom stereocenters. The van der Waals surface area contributed by atoms with Gasteiger partial charge >= 0.3 is 12.1 Å². The van der Waals surface area contributed by atoms with Crippen LogP contribution in [0, 0.1) is 0 Å². The average molecular weight is 632 g/mol. The van der Waals surface area contributed by atoms with Gasteiger partial charge in [0, 0.05) is 42.0 Å². The molecule has 1 saturated heterocycles. The van der Waals surface area contributed by atoms with E-state index in [1.54, 1.807) is 0 Å². The molecular formula is C30H32F3N5O5S. The largest absolute Gasteiger partial charge is 0.490 e. The van der Waals surface area contributed by atoms with E-state index < -0.39 is 12.1 Å². The Morgan fingerprint density at radius 3 is 2.68 bits per heavy atom. The predicted molar refractivity (Wildman–Crippen MR) is 160 cm³/mol. The number of nitrogens with zero attached hydrogens (tertiary/aromatic N) is 2. The van der Waals surface area contributed by atoms with Gasteiger partial charge in [0.05, 0.1) is 24.9 Å². The smallest absolute Gasteiger partial charge is 0.475 e. The van der Waals surface area contributed by atoms with Crippen LogP contribution < -0.4 is 20.9 Å². The van der Waals surface area contributed by atoms with E-state index in [1.165, 1.54) is 16.9 Å². The van der Waals surface area contributed by atoms with Gasteiger partial charge in [0.25, 0.3) is 5.91 Å². The molecule has 0 saturated carbocycles. The normalized spacial score (nSPS) is 19.0. The van der Waals surface area contributed by atoms with Crippen molar-refractivity contribution in [2.45, 2.75) is 57.3 Å². The Morgan fingerprint density at radius 1 is 1.18 bits per heavy atom. The highest BCUT2D eigenvalue weighted by Gasteiger charge is 2.38. The third kappa shape index (κ3) is 7.48. The molecule has 44 heavy (non-hydrogen) atoms. The van der Waals surface area contributed by atoms with Gasteiger partial charge in [-0.15, -0.1) is 0 Å². The highest BCUT2D eigenvalue weighted by Crippen LogP contribution is 2.34. The maximum atomic E-state index is 12.6. The van der Waals surface area contributed by atoms with E-state index in [-0.39, 0.29) is 23.4 Å². The van der Waals surface area contributed by atoms with Gasteiger partial charge in [0.1, 0.15) is 4.88 Å². The average Bonchev–Trinajstić information content (AvgIpc) is 3.37. The van der Waals surface area contributed by atoms with Gasteiger partial charge < -0.3 is 30.7 Å². The molecule has 0 aliphatic carbocycles. The number of halogens is 3. The van der Waals surface area contributed by atoms with Crippen LogP contribution in [0.25, 0.3) is 0 Å². The highest BCUT2D eigenvalue weighted by atomic mass is 32.1. The molecule has 4 heterocycles. The number of ether oxygens (including phenoxy) is 1. The van der Waals surface area contributed by atoms with Crippen LogP contribution in [0.4, 0.5) is 35.4 Å². The number of rotatable bonds is 5. The predicted octanol–water partition coefficient (Wildman–Crippen LogP) is 4.92. The highest BCUT2D eigenvalue weighted by molar-refractivity contribution is 7.17. The first-order chi connectivity index (χ1) is 20.8. The molecule has 6 rings (SSSR count). The number of hydrogen-bond acceptors (Lipinski definition) is 8. The van der Waals surface area contributed by atoms with Gasteiger partial charge in [-0.05, 0) is 68.1 Å². The maximum Gasteiger partial charge on any atom is 0.490 e. The lowest BCUT2D eigenvalue weighted by Gasteiger charge is -2.35. The van der Waals surface area contributed by atoms with Crippen LogP contribution in [-0.2, 0) is 33.6 Å². The van der Waals surface area contributed by atoms with E-state index in [0.717, 1.165) is 64.1 Å². The second-order valence-electron chi connectivity index (χ2n) is 11.5. The first-order valence-corrected chi connectivity index (χ1v) is 14.8. The number of carboxylic acids is 1. The summed E-state index contributed by atoms with van der Waals surface area (Å²) in [4.78, 5) is 41.1. The fourth-order valence-electron chi connectivity index (χ4n) is 5.34. The molecule has 234 valence electrons. The number of carbonyl (C=O) groups excluding carboxylic acids is 2. The van der Waals surface area contributed by atoms with E-state index in [0.29, 0.717) is 19.6 Å². The summed E-state index contributed by atoms with van der Waals surface area (Å²) in [6.07, 6.45) is -2.25. The number of benzene rings is 2. The Kier molecular flexibility index (Phi) is 8.84. The summed E-state index contributed by atoms with van der Waals surface area (Å²) in [7, 11) is 0. The van der Waals surface area contributed by atoms with Gasteiger partial charge in [-0.2, -0.15) is 13.2 Å². The van der Waals surface area contributed by atoms with Crippen molar-refractivity contribution in [2.75, 3.05) is 35.3 Å². The standard InChI is InChI=1S/C28H31N5O3S.C2HF3O2/c1-28(2)15-23-25(26(35)32-28)37-27(31-23)33-10-11-36-16-21(33)13-17-4-3-5-19(12-17)29-20-7-8-22-18(14-20)6-9-24(34)30-22;3-2(4,5)1(6)7/h3-5,7-8,12,14,21,29H,6,9-11,13,15-16H2,1-2H3,(H,30,34)(H,32,35);(H,6,7). The number of carboxylic acid groups (broad SMARTS) is 1. The zero-order chi connectivity index (χ0) is 31.6. The topological polar surface area (TPSA) is 133 Å². The first kappa shape index (κ1) is 31.3. The monoisotopic (exact) mass is 631 g/mol. The van der Waals surface area contributed by atoms with Crippen molar-refractivity contribution in [3.63, 3.8) is 0 Å². The maximum absolute atomic E-state index is 12.6. The van der Waals surface area contributed by atoms with Crippen molar-refractivity contribution in [3.8, 4) is 0 Å². The zero-order valence-corrected chi connectivity index (χ0v) is 24.9. The summed E-state index contributed by atoms with van der Waals surface area (Å²) in [5.74, 6) is -2.71. The van der Waals surface area contributed by atoms with Crippen molar-refractivity contribution < 1.29 is 37.4 Å². The molecule has 0 bridgehead atoms. The summed E-state index contributed by atoms with van der Waals surface area (Å²) >= 11 is 1.49. The molecule has 3 aliphatic rings. The minimum atomic E-state index is -5.08. The molecule has 10 nitrogen and oxygen atoms in total. The molecule has 3 aromatic rings. The third-order valence-corrected chi connectivity index (χ3v) is 8.49. The van der Waals surface area contributed by atoms with Crippen molar-refractivity contribution in [2.24, 2.45) is 0 Å². The Bertz CT molecular complexity index is 1570. The molecule has 0 radical (unpaired) electrons. The van der Waals surface area contributed by atoms with Crippen molar-refractivity contribution in [1.82, 2.24) is 10.3 Å². The van der Waals surface area contributed by atoms with Crippen molar-refractivity contribution >= 4 is 51.3 Å². The lowest BCUT2D eigenvalue weighted by atomic mass is 9.94. The third-order valence-electron chi connectivity index (χ3n) is 7.36. The van der Waals surface area contributed by atoms with Crippen LogP contribution >= 0.6 is 11.3 Å². The quantitative estimate of drug-likeness (QED) is 0.312. The van der Waals surface area contributed by atoms with Crippen LogP contribution in [0.2, 0.25) is 0 Å². The van der Waals surface area contributed by atoms with Crippen LogP contribution in [0.5, 0.6) is 0 Å². The summed E-state index contributed by atoms with van der Waals surface area (Å²) in [5.41, 5.74) is 5.90. The number of thiazole rings is 1. The van der Waals surface area contributed by atoms with Crippen molar-refractivity contribution in [1.29, 1.82) is 0 Å². The minimum absolute atomic E-state index is 0.0249. The molecule has 1 aromatic heterocycles. The number of aromatic nitrogens is 1. The molecular weight excluding hydrogens is 599 g/mol. The number of hydrogen-bond donors (Lipinski definition) is 4. The number of aliphatic carboxylic acids is 1. The molecule has 4 N–H and O–H groups in total. The Balaban J connectivity index is 0.000000493. The fraction of sp³-hybridized carbons (Fsp3) is 0.400. The SMILES string of the molecule is CC1(C)Cc2nc(N3CCOCC3Cc3cccc(Nc4ccc5c(c4)CCC(=O)N5)c3)sc2C(=O)N1.O=C(O)C(F)(F)F. The van der Waals surface area contributed by atoms with Crippen molar-refractivity contribution in [3.05, 3.63) is 64.2 Å². The summed E-state index contributed by atoms with van der Waals surface area (Å²) < 4.78 is 37.6. The summed E-state index contributed by atoms with van der Waals surface area (Å²) in [5, 5.41) is 17.6. The van der Waals surface area contributed by atoms with Gasteiger partial charge in [0.2, 0.25) is 5.91 Å². The van der Waals surface area contributed by atoms with Crippen LogP contribution in [0.1, 0.15) is 46.8 Å². The number of carbonyl (C=O) groups is 3. The number of anilines is 4. The summed E-state index contributed by atoms with van der Waals surface area (Å²) in [6.45, 7) is 6.10. The molecule has 14 heteroatoms. The first-order valence-electron chi connectivity index (χ1n) is 14.0. The minimum Gasteiger partial charge on any atom is -0.475 e. The lowest BCUT2D eigenvalue weighted by molar-refractivity contribution is -0.192. The number of aryl methyl sites for hydroxylation is 1. The fourth-order valence-corrected chi connectivity index (χ4v) is 6.41. The molecule has 1 atom stereocenters. The van der Waals surface area contributed by atoms with Gasteiger partial charge in [0.15, 0.2) is 5.13 Å². The van der Waals surface area contributed by atoms with Gasteiger partial charge in [-0.1, -0.05) is 23.5 Å². The zero-order valence-electron chi connectivity index (χ0n) is 24.1. The number of alkyl halides is 3. The van der Waals surface area contributed by atoms with E-state index in [2.05, 4.69) is 51.2 Å². The van der Waals surface area contributed by atoms with Gasteiger partial charge in [-0.3, -0.25) is 9.59 Å². The second-order valence-corrected chi connectivity index (χ2v) is 12.4. The number of nitrogens with one attached hydrogen (secondary N) is 3. The van der Waals surface area contributed by atoms with Gasteiger partial charge in [-0.25, -0.2) is 9.78 Å². The lowest BCUT2D eigenvalue weighted by Crippen LogP contribution is -2.48. The second kappa shape index (κ2) is 12.4. The summed E-state index contributed by atoms with van der Waals surface area (Å²) in [6, 6.07) is 14.7. The van der Waals surface area contributed by atoms with E-state index >= 15 is 0 Å². The van der Waals surface area contributed by atoms with Crippen LogP contribution in [-0.4, -0.2) is 65.4 Å². The Labute approximate surface area is 255 Å². The number of amides is 2. The molecule has 1 fully saturated rings. The Hall–Kier alpha value is -4.17. The van der Waals surface area contributed by atoms with E-state index in [1.807, 2.05) is 26.0 Å². The number of fused-ring (bicyclic) bond motifs is 2. The van der Waals surface area contributed by atoms with Crippen LogP contribution in [0.15, 0.2) is 42.5 Å². The van der Waals surface area contributed by atoms with E-state index in [9.17, 15) is 22.8 Å². The number of morpholine rings is 1. The molecule has 3 aliphatic heterocycles. The van der Waals surface area contributed by atoms with Crippen LogP contribution in [0.3, 0.4) is 0 Å². The van der Waals surface area contributed by atoms with E-state index in [4.69, 9.17) is 19.6 Å². The molecule has 2 amide bonds. The molecule has 2 aromatic carbocycles.